The van der Waals surface area contributed by atoms with Crippen molar-refractivity contribution in [1.82, 2.24) is 24.7 Å². The van der Waals surface area contributed by atoms with Gasteiger partial charge in [0.25, 0.3) is 0 Å². The lowest BCUT2D eigenvalue weighted by atomic mass is 10.3. The van der Waals surface area contributed by atoms with E-state index in [2.05, 4.69) is 25.5 Å². The maximum atomic E-state index is 12.2. The van der Waals surface area contributed by atoms with Crippen LogP contribution in [0.2, 0.25) is 0 Å². The summed E-state index contributed by atoms with van der Waals surface area (Å²) < 4.78 is 1.40. The number of para-hydroxylation sites is 2. The molecular weight excluding hydrogens is 296 g/mol. The first-order valence-corrected chi connectivity index (χ1v) is 6.97. The van der Waals surface area contributed by atoms with Crippen LogP contribution in [0.15, 0.2) is 47.5 Å². The number of nitrogens with one attached hydrogen (secondary N) is 3. The van der Waals surface area contributed by atoms with Gasteiger partial charge in [-0.05, 0) is 18.2 Å². The number of aromatic amines is 2. The molecule has 0 spiro atoms. The Kier molecular flexibility index (Phi) is 2.94. The fraction of sp³-hybridized carbons (Fsp3) is 0.0667. The topological polar surface area (TPSA) is 108 Å². The molecule has 0 fully saturated rings. The maximum Gasteiger partial charge on any atom is 0.326 e. The van der Waals surface area contributed by atoms with Crippen molar-refractivity contribution in [2.24, 2.45) is 0 Å². The van der Waals surface area contributed by atoms with Gasteiger partial charge in [0.1, 0.15) is 6.54 Å². The van der Waals surface area contributed by atoms with Crippen molar-refractivity contribution >= 4 is 33.7 Å². The van der Waals surface area contributed by atoms with E-state index in [-0.39, 0.29) is 18.1 Å². The fourth-order valence-electron chi connectivity index (χ4n) is 2.51. The van der Waals surface area contributed by atoms with Crippen LogP contribution in [-0.2, 0) is 11.3 Å². The minimum Gasteiger partial charge on any atom is -0.323 e. The normalized spacial score (nSPS) is 11.1. The first kappa shape index (κ1) is 13.3. The number of anilines is 1. The van der Waals surface area contributed by atoms with E-state index in [9.17, 15) is 9.59 Å². The van der Waals surface area contributed by atoms with E-state index >= 15 is 0 Å². The molecule has 3 N–H and O–H groups in total. The van der Waals surface area contributed by atoms with E-state index in [0.717, 1.165) is 5.39 Å². The molecule has 3 aromatic heterocycles. The number of pyridine rings is 1. The summed E-state index contributed by atoms with van der Waals surface area (Å²) in [5.41, 5.74) is 2.28. The molecule has 0 saturated heterocycles. The first-order chi connectivity index (χ1) is 11.2. The van der Waals surface area contributed by atoms with Crippen molar-refractivity contribution in [2.45, 2.75) is 6.54 Å². The summed E-state index contributed by atoms with van der Waals surface area (Å²) in [5, 5.41) is 10.2. The zero-order chi connectivity index (χ0) is 15.8. The number of rotatable bonds is 3. The Morgan fingerprint density at radius 3 is 3.04 bits per heavy atom. The average molecular weight is 308 g/mol. The fourth-order valence-corrected chi connectivity index (χ4v) is 2.51. The van der Waals surface area contributed by atoms with Crippen LogP contribution in [0.4, 0.5) is 5.69 Å². The van der Waals surface area contributed by atoms with Gasteiger partial charge in [-0.25, -0.2) is 9.78 Å². The van der Waals surface area contributed by atoms with Crippen LogP contribution in [0.25, 0.3) is 22.1 Å². The second-order valence-electron chi connectivity index (χ2n) is 5.11. The summed E-state index contributed by atoms with van der Waals surface area (Å²) >= 11 is 0. The van der Waals surface area contributed by atoms with Crippen LogP contribution in [0.3, 0.4) is 0 Å². The lowest BCUT2D eigenvalue weighted by Crippen LogP contribution is -2.25. The molecule has 0 radical (unpaired) electrons. The van der Waals surface area contributed by atoms with E-state index in [0.29, 0.717) is 22.4 Å². The summed E-state index contributed by atoms with van der Waals surface area (Å²) in [5.74, 6) is -0.304. The van der Waals surface area contributed by atoms with Gasteiger partial charge < -0.3 is 10.3 Å². The van der Waals surface area contributed by atoms with Gasteiger partial charge in [0, 0.05) is 5.39 Å². The molecule has 0 aliphatic rings. The zero-order valence-electron chi connectivity index (χ0n) is 11.9. The van der Waals surface area contributed by atoms with Gasteiger partial charge in [-0.1, -0.05) is 12.1 Å². The number of amides is 1. The molecule has 23 heavy (non-hydrogen) atoms. The molecule has 114 valence electrons. The van der Waals surface area contributed by atoms with Crippen molar-refractivity contribution in [3.8, 4) is 0 Å². The average Bonchev–Trinajstić information content (AvgIpc) is 3.12. The van der Waals surface area contributed by atoms with Gasteiger partial charge in [-0.2, -0.15) is 5.10 Å². The molecule has 1 amide bonds. The third kappa shape index (κ3) is 2.35. The minimum atomic E-state index is -0.315. The Bertz CT molecular complexity index is 1070. The highest BCUT2D eigenvalue weighted by Gasteiger charge is 2.11. The largest absolute Gasteiger partial charge is 0.326 e. The van der Waals surface area contributed by atoms with Crippen molar-refractivity contribution < 1.29 is 4.79 Å². The molecule has 0 aliphatic carbocycles. The maximum absolute atomic E-state index is 12.2. The highest BCUT2D eigenvalue weighted by molar-refractivity contribution is 5.93. The Morgan fingerprint density at radius 2 is 2.13 bits per heavy atom. The summed E-state index contributed by atoms with van der Waals surface area (Å²) in [4.78, 5) is 31.1. The first-order valence-electron chi connectivity index (χ1n) is 6.97. The van der Waals surface area contributed by atoms with Gasteiger partial charge >= 0.3 is 5.69 Å². The van der Waals surface area contributed by atoms with Crippen molar-refractivity contribution in [3.63, 3.8) is 0 Å². The molecular formula is C15H12N6O2. The molecule has 0 aliphatic heterocycles. The standard InChI is InChI=1S/C15H12N6O2/c22-13(18-10-5-9-6-17-20-14(9)16-7-10)8-21-12-4-2-1-3-11(12)19-15(21)23/h1-7H,8H2,(H,18,22)(H,19,23)(H,16,17,20). The number of carbonyl (C=O) groups is 1. The second-order valence-corrected chi connectivity index (χ2v) is 5.11. The van der Waals surface area contributed by atoms with Crippen LogP contribution in [0.1, 0.15) is 0 Å². The van der Waals surface area contributed by atoms with Crippen molar-refractivity contribution in [2.75, 3.05) is 5.32 Å². The van der Waals surface area contributed by atoms with Crippen molar-refractivity contribution in [1.29, 1.82) is 0 Å². The molecule has 8 heteroatoms. The van der Waals surface area contributed by atoms with Gasteiger partial charge in [-0.3, -0.25) is 14.5 Å². The molecule has 8 nitrogen and oxygen atoms in total. The highest BCUT2D eigenvalue weighted by atomic mass is 16.2. The molecule has 0 saturated carbocycles. The molecule has 0 bridgehead atoms. The predicted octanol–water partition coefficient (Wildman–Crippen LogP) is 1.24. The smallest absolute Gasteiger partial charge is 0.323 e. The number of carbonyl (C=O) groups excluding carboxylic acids is 1. The van der Waals surface area contributed by atoms with Gasteiger partial charge in [0.2, 0.25) is 5.91 Å². The van der Waals surface area contributed by atoms with E-state index in [4.69, 9.17) is 0 Å². The predicted molar refractivity (Wildman–Crippen MR) is 85.1 cm³/mol. The number of hydrogen-bond acceptors (Lipinski definition) is 4. The number of benzene rings is 1. The number of imidazole rings is 1. The third-order valence-corrected chi connectivity index (χ3v) is 3.56. The van der Waals surface area contributed by atoms with E-state index in [1.807, 2.05) is 12.1 Å². The number of H-pyrrole nitrogens is 2. The molecule has 3 heterocycles. The quantitative estimate of drug-likeness (QED) is 0.529. The van der Waals surface area contributed by atoms with Crippen LogP contribution in [-0.4, -0.2) is 30.6 Å². The van der Waals surface area contributed by atoms with Gasteiger partial charge in [-0.15, -0.1) is 0 Å². The molecule has 1 aromatic carbocycles. The van der Waals surface area contributed by atoms with Crippen LogP contribution < -0.4 is 11.0 Å². The summed E-state index contributed by atoms with van der Waals surface area (Å²) in [6.45, 7) is -0.0771. The lowest BCUT2D eigenvalue weighted by molar-refractivity contribution is -0.116. The molecule has 0 atom stereocenters. The number of nitrogens with zero attached hydrogens (tertiary/aromatic N) is 3. The van der Waals surface area contributed by atoms with E-state index in [1.165, 1.54) is 10.8 Å². The molecule has 0 unspecified atom stereocenters. The minimum absolute atomic E-state index is 0.0771. The van der Waals surface area contributed by atoms with Crippen LogP contribution in [0.5, 0.6) is 0 Å². The van der Waals surface area contributed by atoms with Gasteiger partial charge in [0.05, 0.1) is 29.1 Å². The Labute approximate surface area is 129 Å². The lowest BCUT2D eigenvalue weighted by Gasteiger charge is -2.06. The third-order valence-electron chi connectivity index (χ3n) is 3.56. The highest BCUT2D eigenvalue weighted by Crippen LogP contribution is 2.14. The van der Waals surface area contributed by atoms with Crippen LogP contribution in [0, 0.1) is 0 Å². The van der Waals surface area contributed by atoms with Crippen LogP contribution >= 0.6 is 0 Å². The molecule has 4 rings (SSSR count). The van der Waals surface area contributed by atoms with E-state index in [1.54, 1.807) is 24.4 Å². The summed E-state index contributed by atoms with van der Waals surface area (Å²) in [6.07, 6.45) is 3.17. The summed E-state index contributed by atoms with van der Waals surface area (Å²) in [7, 11) is 0. The van der Waals surface area contributed by atoms with Crippen molar-refractivity contribution in [3.05, 3.63) is 53.2 Å². The Hall–Kier alpha value is -3.42. The summed E-state index contributed by atoms with van der Waals surface area (Å²) in [6, 6.07) is 9.00. The molecule has 4 aromatic rings. The van der Waals surface area contributed by atoms with E-state index < -0.39 is 0 Å². The number of aromatic nitrogens is 5. The number of hydrogen-bond donors (Lipinski definition) is 3. The van der Waals surface area contributed by atoms with Gasteiger partial charge in [0.15, 0.2) is 5.65 Å². The monoisotopic (exact) mass is 308 g/mol. The zero-order valence-corrected chi connectivity index (χ0v) is 11.9. The Morgan fingerprint density at radius 1 is 1.26 bits per heavy atom. The second kappa shape index (κ2) is 5.09. The Balaban J connectivity index is 1.59. The SMILES string of the molecule is O=C(Cn1c(=O)[nH]c2ccccc21)Nc1cnc2[nH]ncc2c1. The number of fused-ring (bicyclic) bond motifs is 2.